The van der Waals surface area contributed by atoms with Gasteiger partial charge in [-0.2, -0.15) is 0 Å². The Morgan fingerprint density at radius 2 is 1.85 bits per heavy atom. The number of para-hydroxylation sites is 2. The summed E-state index contributed by atoms with van der Waals surface area (Å²) in [5.74, 6) is 0.580. The van der Waals surface area contributed by atoms with Crippen LogP contribution in [-0.4, -0.2) is 13.0 Å². The zero-order valence-corrected chi connectivity index (χ0v) is 18.2. The number of nitrogens with one attached hydrogen (secondary N) is 1. The molecule has 0 aliphatic carbocycles. The number of carbonyl (C=O) groups excluding carboxylic acids is 1. The van der Waals surface area contributed by atoms with Crippen LogP contribution in [0.3, 0.4) is 0 Å². The third kappa shape index (κ3) is 5.03. The number of aryl methyl sites for hydroxylation is 1. The lowest BCUT2D eigenvalue weighted by Gasteiger charge is -2.13. The monoisotopic (exact) mass is 447 g/mol. The van der Waals surface area contributed by atoms with Crippen molar-refractivity contribution in [1.29, 1.82) is 0 Å². The highest BCUT2D eigenvalue weighted by molar-refractivity contribution is 5.92. The Bertz CT molecular complexity index is 1380. The van der Waals surface area contributed by atoms with Gasteiger partial charge in [0.1, 0.15) is 22.9 Å². The lowest BCUT2D eigenvalue weighted by atomic mass is 10.0. The molecule has 0 saturated heterocycles. The Labute approximate surface area is 189 Å². The molecule has 0 aliphatic rings. The van der Waals surface area contributed by atoms with Crippen molar-refractivity contribution in [2.45, 2.75) is 19.8 Å². The van der Waals surface area contributed by atoms with Crippen LogP contribution < -0.4 is 20.4 Å². The summed E-state index contributed by atoms with van der Waals surface area (Å²) >= 11 is 0. The van der Waals surface area contributed by atoms with Gasteiger partial charge in [-0.1, -0.05) is 18.2 Å². The average molecular weight is 447 g/mol. The van der Waals surface area contributed by atoms with Gasteiger partial charge in [0.25, 0.3) is 0 Å². The summed E-state index contributed by atoms with van der Waals surface area (Å²) in [6, 6.07) is 17.9. The Hall–Kier alpha value is -4.13. The topological polar surface area (TPSA) is 77.8 Å². The van der Waals surface area contributed by atoms with E-state index in [1.807, 2.05) is 13.0 Å². The van der Waals surface area contributed by atoms with E-state index in [0.717, 1.165) is 10.9 Å². The summed E-state index contributed by atoms with van der Waals surface area (Å²) in [6.45, 7) is 1.83. The summed E-state index contributed by atoms with van der Waals surface area (Å²) in [7, 11) is 1.54. The van der Waals surface area contributed by atoms with Gasteiger partial charge in [-0.15, -0.1) is 0 Å². The fourth-order valence-corrected chi connectivity index (χ4v) is 3.56. The van der Waals surface area contributed by atoms with Gasteiger partial charge in [-0.3, -0.25) is 4.79 Å². The molecule has 0 unspecified atom stereocenters. The van der Waals surface area contributed by atoms with Gasteiger partial charge in [-0.25, -0.2) is 9.18 Å². The number of rotatable bonds is 7. The maximum atomic E-state index is 13.5. The number of halogens is 1. The van der Waals surface area contributed by atoms with Crippen molar-refractivity contribution in [3.8, 4) is 17.2 Å². The largest absolute Gasteiger partial charge is 0.497 e. The highest BCUT2D eigenvalue weighted by Gasteiger charge is 2.15. The van der Waals surface area contributed by atoms with E-state index >= 15 is 0 Å². The van der Waals surface area contributed by atoms with Crippen LogP contribution in [0.15, 0.2) is 75.9 Å². The molecular formula is C26H22FNO5. The van der Waals surface area contributed by atoms with E-state index < -0.39 is 11.4 Å². The minimum atomic E-state index is -0.476. The average Bonchev–Trinajstić information content (AvgIpc) is 2.80. The number of carbonyl (C=O) groups is 1. The van der Waals surface area contributed by atoms with Crippen molar-refractivity contribution < 1.29 is 23.1 Å². The molecule has 33 heavy (non-hydrogen) atoms. The Morgan fingerprint density at radius 3 is 2.64 bits per heavy atom. The second kappa shape index (κ2) is 9.56. The molecule has 6 nitrogen and oxygen atoms in total. The zero-order chi connectivity index (χ0) is 23.4. The van der Waals surface area contributed by atoms with Crippen LogP contribution in [-0.2, 0) is 11.2 Å². The quantitative estimate of drug-likeness (QED) is 0.373. The van der Waals surface area contributed by atoms with Crippen LogP contribution in [0.4, 0.5) is 10.1 Å². The van der Waals surface area contributed by atoms with Gasteiger partial charge in [-0.05, 0) is 55.3 Å². The van der Waals surface area contributed by atoms with Gasteiger partial charge in [0.2, 0.25) is 5.91 Å². The minimum Gasteiger partial charge on any atom is -0.497 e. The van der Waals surface area contributed by atoms with E-state index in [0.29, 0.717) is 34.1 Å². The molecule has 0 radical (unpaired) electrons. The van der Waals surface area contributed by atoms with Crippen LogP contribution in [0, 0.1) is 12.7 Å². The summed E-state index contributed by atoms with van der Waals surface area (Å²) in [5.41, 5.74) is 1.63. The maximum Gasteiger partial charge on any atom is 0.339 e. The molecule has 0 atom stereocenters. The molecule has 0 spiro atoms. The maximum absolute atomic E-state index is 13.5. The molecule has 7 heteroatoms. The normalized spacial score (nSPS) is 10.8. The van der Waals surface area contributed by atoms with E-state index in [-0.39, 0.29) is 18.7 Å². The van der Waals surface area contributed by atoms with Gasteiger partial charge in [0, 0.05) is 29.5 Å². The molecule has 168 valence electrons. The molecule has 0 aliphatic heterocycles. The number of methoxy groups -OCH3 is 1. The first kappa shape index (κ1) is 22.1. The van der Waals surface area contributed by atoms with Crippen LogP contribution in [0.5, 0.6) is 17.2 Å². The van der Waals surface area contributed by atoms with Crippen molar-refractivity contribution in [3.63, 3.8) is 0 Å². The van der Waals surface area contributed by atoms with E-state index in [9.17, 15) is 14.0 Å². The molecule has 0 saturated carbocycles. The van der Waals surface area contributed by atoms with Crippen molar-refractivity contribution in [2.75, 3.05) is 12.4 Å². The lowest BCUT2D eigenvalue weighted by molar-refractivity contribution is -0.116. The summed E-state index contributed by atoms with van der Waals surface area (Å²) in [4.78, 5) is 25.2. The van der Waals surface area contributed by atoms with Crippen LogP contribution in [0.1, 0.15) is 17.5 Å². The van der Waals surface area contributed by atoms with Gasteiger partial charge < -0.3 is 19.2 Å². The van der Waals surface area contributed by atoms with E-state index in [1.54, 1.807) is 55.6 Å². The SMILES string of the molecule is COc1ccc2c(C)c(CCC(=O)Nc3ccccc3Oc3cccc(F)c3)c(=O)oc2c1. The predicted molar refractivity (Wildman–Crippen MR) is 124 cm³/mol. The second-order valence-electron chi connectivity index (χ2n) is 7.46. The van der Waals surface area contributed by atoms with Gasteiger partial charge in [0.15, 0.2) is 5.75 Å². The van der Waals surface area contributed by atoms with Crippen molar-refractivity contribution in [1.82, 2.24) is 0 Å². The minimum absolute atomic E-state index is 0.0710. The van der Waals surface area contributed by atoms with Gasteiger partial charge in [0.05, 0.1) is 12.8 Å². The molecule has 1 aromatic heterocycles. The lowest BCUT2D eigenvalue weighted by Crippen LogP contribution is -2.17. The second-order valence-corrected chi connectivity index (χ2v) is 7.46. The summed E-state index contributed by atoms with van der Waals surface area (Å²) in [6.07, 6.45) is 0.288. The number of benzene rings is 3. The smallest absolute Gasteiger partial charge is 0.339 e. The van der Waals surface area contributed by atoms with Gasteiger partial charge >= 0.3 is 5.63 Å². The van der Waals surface area contributed by atoms with Crippen LogP contribution in [0.25, 0.3) is 11.0 Å². The van der Waals surface area contributed by atoms with E-state index in [2.05, 4.69) is 5.32 Å². The molecule has 3 aromatic carbocycles. The summed E-state index contributed by atoms with van der Waals surface area (Å²) in [5, 5.41) is 3.59. The fraction of sp³-hybridized carbons (Fsp3) is 0.154. The molecule has 1 heterocycles. The molecule has 0 fully saturated rings. The number of hydrogen-bond donors (Lipinski definition) is 1. The van der Waals surface area contributed by atoms with Crippen LogP contribution >= 0.6 is 0 Å². The van der Waals surface area contributed by atoms with E-state index in [4.69, 9.17) is 13.9 Å². The molecule has 4 rings (SSSR count). The molecule has 4 aromatic rings. The number of ether oxygens (including phenoxy) is 2. The summed E-state index contributed by atoms with van der Waals surface area (Å²) < 4.78 is 29.8. The number of amides is 1. The standard InChI is InChI=1S/C26H22FNO5/c1-16-20-11-10-18(31-2)15-24(20)33-26(30)21(16)12-13-25(29)28-22-8-3-4-9-23(22)32-19-7-5-6-17(27)14-19/h3-11,14-15H,12-13H2,1-2H3,(H,28,29). The zero-order valence-electron chi connectivity index (χ0n) is 18.2. The molecule has 1 amide bonds. The first-order chi connectivity index (χ1) is 15.9. The Kier molecular flexibility index (Phi) is 6.40. The number of anilines is 1. The third-order valence-electron chi connectivity index (χ3n) is 5.28. The van der Waals surface area contributed by atoms with Crippen molar-refractivity contribution >= 4 is 22.6 Å². The highest BCUT2D eigenvalue weighted by Crippen LogP contribution is 2.30. The Morgan fingerprint density at radius 1 is 1.03 bits per heavy atom. The number of fused-ring (bicyclic) bond motifs is 1. The fourth-order valence-electron chi connectivity index (χ4n) is 3.56. The third-order valence-corrected chi connectivity index (χ3v) is 5.28. The predicted octanol–water partition coefficient (Wildman–Crippen LogP) is 5.61. The van der Waals surface area contributed by atoms with Crippen molar-refractivity contribution in [2.24, 2.45) is 0 Å². The molecule has 1 N–H and O–H groups in total. The number of hydrogen-bond acceptors (Lipinski definition) is 5. The first-order valence-corrected chi connectivity index (χ1v) is 10.4. The molecular weight excluding hydrogens is 425 g/mol. The van der Waals surface area contributed by atoms with Crippen molar-refractivity contribution in [3.05, 3.63) is 94.1 Å². The first-order valence-electron chi connectivity index (χ1n) is 10.4. The van der Waals surface area contributed by atoms with E-state index in [1.165, 1.54) is 12.1 Å². The highest BCUT2D eigenvalue weighted by atomic mass is 19.1. The van der Waals surface area contributed by atoms with Crippen LogP contribution in [0.2, 0.25) is 0 Å². The molecule has 0 bridgehead atoms. The Balaban J connectivity index is 1.48.